The summed E-state index contributed by atoms with van der Waals surface area (Å²) in [5, 5.41) is 7.86. The lowest BCUT2D eigenvalue weighted by atomic mass is 10.0. The smallest absolute Gasteiger partial charge is 0.160 e. The van der Waals surface area contributed by atoms with Gasteiger partial charge in [0, 0.05) is 12.6 Å². The van der Waals surface area contributed by atoms with E-state index in [9.17, 15) is 4.79 Å². The van der Waals surface area contributed by atoms with Crippen LogP contribution in [-0.4, -0.2) is 20.8 Å². The first kappa shape index (κ1) is 8.87. The maximum atomic E-state index is 11.3. The molecule has 4 heteroatoms. The van der Waals surface area contributed by atoms with Gasteiger partial charge in [-0.2, -0.15) is 0 Å². The number of nitrogens with zero attached hydrogens (tertiary/aromatic N) is 3. The van der Waals surface area contributed by atoms with Crippen LogP contribution >= 0.6 is 0 Å². The second kappa shape index (κ2) is 2.90. The fraction of sp³-hybridized carbons (Fsp3) is 0.300. The summed E-state index contributed by atoms with van der Waals surface area (Å²) in [6.45, 7) is 3.48. The molecule has 0 bridgehead atoms. The van der Waals surface area contributed by atoms with Crippen LogP contribution in [0, 0.1) is 6.92 Å². The molecule has 1 aromatic carbocycles. The Kier molecular flexibility index (Phi) is 1.84. The molecule has 0 saturated carbocycles. The standard InChI is InChI=1S/C10H11N3O/c1-6-4-10-9(11-12-13(10)3)5-8(6)7(2)14/h4-5H,1-3H3. The first-order chi connectivity index (χ1) is 6.59. The number of fused-ring (bicyclic) bond motifs is 1. The van der Waals surface area contributed by atoms with Crippen LogP contribution in [0.2, 0.25) is 0 Å². The molecule has 0 atom stereocenters. The third-order valence-corrected chi connectivity index (χ3v) is 2.34. The Labute approximate surface area is 81.5 Å². The van der Waals surface area contributed by atoms with E-state index >= 15 is 0 Å². The van der Waals surface area contributed by atoms with Gasteiger partial charge in [0.2, 0.25) is 0 Å². The van der Waals surface area contributed by atoms with E-state index in [1.165, 1.54) is 0 Å². The van der Waals surface area contributed by atoms with Crippen LogP contribution in [0.25, 0.3) is 11.0 Å². The summed E-state index contributed by atoms with van der Waals surface area (Å²) in [6.07, 6.45) is 0. The Hall–Kier alpha value is -1.71. The average molecular weight is 189 g/mol. The minimum atomic E-state index is 0.0649. The van der Waals surface area contributed by atoms with Crippen molar-refractivity contribution in [1.82, 2.24) is 15.0 Å². The van der Waals surface area contributed by atoms with Crippen molar-refractivity contribution in [3.8, 4) is 0 Å². The van der Waals surface area contributed by atoms with Crippen LogP contribution in [-0.2, 0) is 7.05 Å². The molecule has 72 valence electrons. The van der Waals surface area contributed by atoms with Gasteiger partial charge < -0.3 is 0 Å². The molecule has 4 nitrogen and oxygen atoms in total. The molecular weight excluding hydrogens is 178 g/mol. The van der Waals surface area contributed by atoms with Crippen molar-refractivity contribution in [2.24, 2.45) is 7.05 Å². The molecule has 0 unspecified atom stereocenters. The molecule has 1 heterocycles. The number of Topliss-reactive ketones (excluding diaryl/α,β-unsaturated/α-hetero) is 1. The van der Waals surface area contributed by atoms with Gasteiger partial charge in [0.05, 0.1) is 5.52 Å². The van der Waals surface area contributed by atoms with Crippen LogP contribution in [0.4, 0.5) is 0 Å². The van der Waals surface area contributed by atoms with Gasteiger partial charge in [-0.05, 0) is 31.5 Å². The highest BCUT2D eigenvalue weighted by molar-refractivity contribution is 5.98. The molecule has 0 amide bonds. The number of benzene rings is 1. The number of rotatable bonds is 1. The zero-order valence-corrected chi connectivity index (χ0v) is 8.40. The number of carbonyl (C=O) groups is 1. The number of aromatic nitrogens is 3. The van der Waals surface area contributed by atoms with Crippen LogP contribution in [0.1, 0.15) is 22.8 Å². The fourth-order valence-electron chi connectivity index (χ4n) is 1.56. The second-order valence-corrected chi connectivity index (χ2v) is 3.43. The molecule has 1 aromatic heterocycles. The molecule has 0 saturated heterocycles. The molecule has 0 fully saturated rings. The lowest BCUT2D eigenvalue weighted by Crippen LogP contribution is -1.96. The average Bonchev–Trinajstić information content (AvgIpc) is 2.46. The summed E-state index contributed by atoms with van der Waals surface area (Å²) in [7, 11) is 1.84. The third kappa shape index (κ3) is 1.19. The number of hydrogen-bond acceptors (Lipinski definition) is 3. The van der Waals surface area contributed by atoms with Gasteiger partial charge in [-0.15, -0.1) is 5.10 Å². The van der Waals surface area contributed by atoms with Gasteiger partial charge in [0.15, 0.2) is 5.78 Å². The molecular formula is C10H11N3O. The minimum absolute atomic E-state index is 0.0649. The van der Waals surface area contributed by atoms with Gasteiger partial charge in [-0.25, -0.2) is 4.68 Å². The van der Waals surface area contributed by atoms with E-state index in [0.29, 0.717) is 0 Å². The maximum absolute atomic E-state index is 11.3. The summed E-state index contributed by atoms with van der Waals surface area (Å²) >= 11 is 0. The number of aryl methyl sites for hydroxylation is 2. The van der Waals surface area contributed by atoms with Crippen molar-refractivity contribution in [3.05, 3.63) is 23.3 Å². The number of ketones is 1. The number of hydrogen-bond donors (Lipinski definition) is 0. The second-order valence-electron chi connectivity index (χ2n) is 3.43. The first-order valence-electron chi connectivity index (χ1n) is 4.40. The Morgan fingerprint density at radius 1 is 1.43 bits per heavy atom. The molecule has 2 rings (SSSR count). The predicted molar refractivity (Wildman–Crippen MR) is 53.3 cm³/mol. The fourth-order valence-corrected chi connectivity index (χ4v) is 1.56. The van der Waals surface area contributed by atoms with Crippen molar-refractivity contribution in [3.63, 3.8) is 0 Å². The summed E-state index contributed by atoms with van der Waals surface area (Å²) in [5.74, 6) is 0.0649. The Morgan fingerprint density at radius 3 is 2.79 bits per heavy atom. The predicted octanol–water partition coefficient (Wildman–Crippen LogP) is 1.48. The van der Waals surface area contributed by atoms with Gasteiger partial charge in [0.25, 0.3) is 0 Å². The van der Waals surface area contributed by atoms with E-state index in [-0.39, 0.29) is 5.78 Å². The maximum Gasteiger partial charge on any atom is 0.160 e. The van der Waals surface area contributed by atoms with E-state index in [2.05, 4.69) is 10.3 Å². The normalized spacial score (nSPS) is 10.8. The molecule has 0 N–H and O–H groups in total. The van der Waals surface area contributed by atoms with Crippen molar-refractivity contribution in [1.29, 1.82) is 0 Å². The van der Waals surface area contributed by atoms with Crippen molar-refractivity contribution < 1.29 is 4.79 Å². The Morgan fingerprint density at radius 2 is 2.14 bits per heavy atom. The molecule has 0 radical (unpaired) electrons. The molecule has 14 heavy (non-hydrogen) atoms. The Balaban J connectivity index is 2.79. The van der Waals surface area contributed by atoms with Crippen molar-refractivity contribution in [2.75, 3.05) is 0 Å². The SMILES string of the molecule is CC(=O)c1cc2nnn(C)c2cc1C. The van der Waals surface area contributed by atoms with Crippen LogP contribution in [0.15, 0.2) is 12.1 Å². The van der Waals surface area contributed by atoms with Crippen LogP contribution in [0.3, 0.4) is 0 Å². The molecule has 0 aliphatic heterocycles. The molecule has 2 aromatic rings. The van der Waals surface area contributed by atoms with Crippen LogP contribution < -0.4 is 0 Å². The molecule has 0 aliphatic rings. The van der Waals surface area contributed by atoms with E-state index in [4.69, 9.17) is 0 Å². The van der Waals surface area contributed by atoms with Crippen molar-refractivity contribution >= 4 is 16.8 Å². The summed E-state index contributed by atoms with van der Waals surface area (Å²) in [4.78, 5) is 11.3. The van der Waals surface area contributed by atoms with Gasteiger partial charge in [-0.3, -0.25) is 4.79 Å². The zero-order chi connectivity index (χ0) is 10.3. The molecule has 0 aliphatic carbocycles. The highest BCUT2D eigenvalue weighted by Gasteiger charge is 2.08. The quantitative estimate of drug-likeness (QED) is 0.638. The Bertz CT molecular complexity index is 513. The highest BCUT2D eigenvalue weighted by atomic mass is 16.1. The van der Waals surface area contributed by atoms with E-state index < -0.39 is 0 Å². The highest BCUT2D eigenvalue weighted by Crippen LogP contribution is 2.17. The van der Waals surface area contributed by atoms with Gasteiger partial charge in [-0.1, -0.05) is 5.21 Å². The largest absolute Gasteiger partial charge is 0.294 e. The minimum Gasteiger partial charge on any atom is -0.294 e. The summed E-state index contributed by atoms with van der Waals surface area (Å²) in [6, 6.07) is 3.73. The van der Waals surface area contributed by atoms with Gasteiger partial charge >= 0.3 is 0 Å². The van der Waals surface area contributed by atoms with E-state index in [0.717, 1.165) is 22.2 Å². The topological polar surface area (TPSA) is 47.8 Å². The lowest BCUT2D eigenvalue weighted by molar-refractivity contribution is 0.101. The van der Waals surface area contributed by atoms with E-state index in [1.807, 2.05) is 20.0 Å². The lowest BCUT2D eigenvalue weighted by Gasteiger charge is -2.01. The monoisotopic (exact) mass is 189 g/mol. The first-order valence-corrected chi connectivity index (χ1v) is 4.40. The van der Waals surface area contributed by atoms with Gasteiger partial charge in [0.1, 0.15) is 5.52 Å². The van der Waals surface area contributed by atoms with Crippen LogP contribution in [0.5, 0.6) is 0 Å². The van der Waals surface area contributed by atoms with Crippen molar-refractivity contribution in [2.45, 2.75) is 13.8 Å². The summed E-state index contributed by atoms with van der Waals surface area (Å²) < 4.78 is 1.70. The number of carbonyl (C=O) groups excluding carboxylic acids is 1. The zero-order valence-electron chi connectivity index (χ0n) is 8.40. The molecule has 0 spiro atoms. The summed E-state index contributed by atoms with van der Waals surface area (Å²) in [5.41, 5.74) is 3.41. The van der Waals surface area contributed by atoms with E-state index in [1.54, 1.807) is 17.7 Å². The third-order valence-electron chi connectivity index (χ3n) is 2.34.